The second-order valence-corrected chi connectivity index (χ2v) is 6.56. The number of carbonyl (C=O) groups is 1. The van der Waals surface area contributed by atoms with Gasteiger partial charge in [-0.05, 0) is 49.6 Å². The summed E-state index contributed by atoms with van der Waals surface area (Å²) in [6.07, 6.45) is 1.81. The van der Waals surface area contributed by atoms with Gasteiger partial charge in [0.15, 0.2) is 0 Å². The van der Waals surface area contributed by atoms with Crippen molar-refractivity contribution in [2.75, 3.05) is 11.4 Å². The van der Waals surface area contributed by atoms with Gasteiger partial charge in [0.25, 0.3) is 0 Å². The van der Waals surface area contributed by atoms with Crippen LogP contribution in [0.1, 0.15) is 33.8 Å². The van der Waals surface area contributed by atoms with Crippen molar-refractivity contribution in [1.29, 1.82) is 0 Å². The minimum Gasteiger partial charge on any atom is -0.419 e. The lowest BCUT2D eigenvalue weighted by molar-refractivity contribution is 0.0999. The van der Waals surface area contributed by atoms with E-state index < -0.39 is 0 Å². The molecule has 1 aliphatic rings. The summed E-state index contributed by atoms with van der Waals surface area (Å²) in [6.45, 7) is 3.42. The molecular formula is C20H20N4O2. The van der Waals surface area contributed by atoms with Crippen LogP contribution in [-0.2, 0) is 13.0 Å². The molecule has 0 fully saturated rings. The highest BCUT2D eigenvalue weighted by atomic mass is 16.4. The Hall–Kier alpha value is -3.15. The van der Waals surface area contributed by atoms with Crippen LogP contribution in [0.3, 0.4) is 0 Å². The summed E-state index contributed by atoms with van der Waals surface area (Å²) in [6, 6.07) is 13.6. The first-order valence-electron chi connectivity index (χ1n) is 8.68. The number of benzene rings is 2. The number of hydrogen-bond donors (Lipinski definition) is 1. The third kappa shape index (κ3) is 3.06. The van der Waals surface area contributed by atoms with Gasteiger partial charge in [-0.15, -0.1) is 10.2 Å². The van der Waals surface area contributed by atoms with Crippen LogP contribution in [0.4, 0.5) is 5.69 Å². The molecule has 26 heavy (non-hydrogen) atoms. The summed E-state index contributed by atoms with van der Waals surface area (Å²) in [5, 5.41) is 8.36. The first-order valence-corrected chi connectivity index (χ1v) is 8.68. The monoisotopic (exact) mass is 348 g/mol. The Kier molecular flexibility index (Phi) is 4.16. The third-order valence-corrected chi connectivity index (χ3v) is 4.70. The number of anilines is 1. The summed E-state index contributed by atoms with van der Waals surface area (Å²) in [5.41, 5.74) is 10.2. The first kappa shape index (κ1) is 16.3. The van der Waals surface area contributed by atoms with E-state index in [2.05, 4.69) is 15.1 Å². The molecule has 1 amide bonds. The molecule has 0 aliphatic carbocycles. The minimum atomic E-state index is -0.386. The quantitative estimate of drug-likeness (QED) is 0.783. The summed E-state index contributed by atoms with van der Waals surface area (Å²) in [4.78, 5) is 13.8. The molecule has 0 saturated carbocycles. The van der Waals surface area contributed by atoms with E-state index in [0.717, 1.165) is 36.2 Å². The van der Waals surface area contributed by atoms with Crippen molar-refractivity contribution >= 4 is 11.6 Å². The summed E-state index contributed by atoms with van der Waals surface area (Å²) >= 11 is 0. The smallest absolute Gasteiger partial charge is 0.249 e. The molecule has 1 aliphatic heterocycles. The lowest BCUT2D eigenvalue weighted by Crippen LogP contribution is -2.30. The Morgan fingerprint density at radius 2 is 2.00 bits per heavy atom. The van der Waals surface area contributed by atoms with Crippen LogP contribution in [0.5, 0.6) is 0 Å². The number of aromatic nitrogens is 2. The van der Waals surface area contributed by atoms with Gasteiger partial charge in [-0.25, -0.2) is 0 Å². The number of carbonyl (C=O) groups excluding carboxylic acids is 1. The molecule has 1 aromatic heterocycles. The second-order valence-electron chi connectivity index (χ2n) is 6.56. The molecule has 0 spiro atoms. The zero-order valence-corrected chi connectivity index (χ0v) is 14.6. The van der Waals surface area contributed by atoms with Crippen LogP contribution in [0.15, 0.2) is 46.9 Å². The molecule has 6 nitrogen and oxygen atoms in total. The fourth-order valence-electron chi connectivity index (χ4n) is 3.39. The van der Waals surface area contributed by atoms with Crippen LogP contribution in [-0.4, -0.2) is 22.6 Å². The van der Waals surface area contributed by atoms with Crippen molar-refractivity contribution in [3.63, 3.8) is 0 Å². The van der Waals surface area contributed by atoms with Gasteiger partial charge < -0.3 is 15.1 Å². The molecule has 0 bridgehead atoms. The molecular weight excluding hydrogens is 328 g/mol. The van der Waals surface area contributed by atoms with E-state index in [4.69, 9.17) is 10.2 Å². The van der Waals surface area contributed by atoms with Gasteiger partial charge in [0.05, 0.1) is 6.54 Å². The van der Waals surface area contributed by atoms with Crippen molar-refractivity contribution in [3.8, 4) is 11.5 Å². The normalized spacial score (nSPS) is 13.5. The fraction of sp³-hybridized carbons (Fsp3) is 0.250. The minimum absolute atomic E-state index is 0.386. The lowest BCUT2D eigenvalue weighted by atomic mass is 9.96. The molecule has 6 heteroatoms. The molecule has 2 heterocycles. The molecule has 0 saturated heterocycles. The Bertz CT molecular complexity index is 947. The first-order chi connectivity index (χ1) is 12.6. The van der Waals surface area contributed by atoms with E-state index in [1.54, 1.807) is 6.07 Å². The number of rotatable bonds is 4. The largest absolute Gasteiger partial charge is 0.419 e. The van der Waals surface area contributed by atoms with Gasteiger partial charge >= 0.3 is 0 Å². The van der Waals surface area contributed by atoms with Crippen molar-refractivity contribution in [3.05, 3.63) is 65.0 Å². The molecule has 3 aromatic rings. The second kappa shape index (κ2) is 6.63. The van der Waals surface area contributed by atoms with Gasteiger partial charge in [0.1, 0.15) is 0 Å². The Morgan fingerprint density at radius 3 is 2.77 bits per heavy atom. The van der Waals surface area contributed by atoms with Crippen molar-refractivity contribution in [1.82, 2.24) is 10.2 Å². The average Bonchev–Trinajstić information content (AvgIpc) is 3.10. The number of hydrogen-bond acceptors (Lipinski definition) is 5. The van der Waals surface area contributed by atoms with E-state index in [-0.39, 0.29) is 5.91 Å². The highest BCUT2D eigenvalue weighted by molar-refractivity contribution is 5.96. The summed E-state index contributed by atoms with van der Waals surface area (Å²) < 4.78 is 5.85. The maximum absolute atomic E-state index is 11.7. The van der Waals surface area contributed by atoms with Crippen LogP contribution >= 0.6 is 0 Å². The molecule has 0 radical (unpaired) electrons. The maximum atomic E-state index is 11.7. The van der Waals surface area contributed by atoms with Gasteiger partial charge in [0.2, 0.25) is 17.7 Å². The maximum Gasteiger partial charge on any atom is 0.249 e. The number of primary amides is 1. The van der Waals surface area contributed by atoms with E-state index in [1.165, 1.54) is 5.56 Å². The van der Waals surface area contributed by atoms with E-state index in [1.807, 2.05) is 43.3 Å². The number of nitrogens with zero attached hydrogens (tertiary/aromatic N) is 3. The van der Waals surface area contributed by atoms with E-state index in [9.17, 15) is 4.79 Å². The molecule has 0 atom stereocenters. The van der Waals surface area contributed by atoms with Crippen LogP contribution < -0.4 is 10.6 Å². The van der Waals surface area contributed by atoms with E-state index in [0.29, 0.717) is 23.9 Å². The van der Waals surface area contributed by atoms with Crippen LogP contribution in [0.25, 0.3) is 11.5 Å². The van der Waals surface area contributed by atoms with Gasteiger partial charge in [-0.2, -0.15) is 0 Å². The Balaban J connectivity index is 1.59. The number of aryl methyl sites for hydroxylation is 1. The van der Waals surface area contributed by atoms with Crippen molar-refractivity contribution in [2.24, 2.45) is 5.73 Å². The Morgan fingerprint density at radius 1 is 1.19 bits per heavy atom. The Labute approximate surface area is 151 Å². The third-order valence-electron chi connectivity index (χ3n) is 4.70. The summed E-state index contributed by atoms with van der Waals surface area (Å²) in [7, 11) is 0. The SMILES string of the molecule is Cc1ccc(-c2nnc(CN3CCCc4c(C(N)=O)cccc43)o2)cc1. The predicted molar refractivity (Wildman–Crippen MR) is 98.8 cm³/mol. The van der Waals surface area contributed by atoms with Crippen LogP contribution in [0, 0.1) is 6.92 Å². The van der Waals surface area contributed by atoms with Gasteiger partial charge in [-0.1, -0.05) is 23.8 Å². The topological polar surface area (TPSA) is 85.3 Å². The average molecular weight is 348 g/mol. The predicted octanol–water partition coefficient (Wildman–Crippen LogP) is 3.10. The molecule has 4 rings (SSSR count). The molecule has 132 valence electrons. The number of fused-ring (bicyclic) bond motifs is 1. The molecule has 2 aromatic carbocycles. The summed E-state index contributed by atoms with van der Waals surface area (Å²) in [5.74, 6) is 0.684. The van der Waals surface area contributed by atoms with Crippen molar-refractivity contribution in [2.45, 2.75) is 26.3 Å². The highest BCUT2D eigenvalue weighted by Gasteiger charge is 2.23. The lowest BCUT2D eigenvalue weighted by Gasteiger charge is -2.31. The zero-order valence-electron chi connectivity index (χ0n) is 14.6. The fourth-order valence-corrected chi connectivity index (χ4v) is 3.39. The number of amides is 1. The standard InChI is InChI=1S/C20H20N4O2/c1-13-7-9-14(10-8-13)20-23-22-18(26-20)12-24-11-3-5-15-16(19(21)25)4-2-6-17(15)24/h2,4,6-10H,3,5,11-12H2,1H3,(H2,21,25). The van der Waals surface area contributed by atoms with Gasteiger partial charge in [0, 0.05) is 23.4 Å². The highest BCUT2D eigenvalue weighted by Crippen LogP contribution is 2.31. The van der Waals surface area contributed by atoms with E-state index >= 15 is 0 Å². The van der Waals surface area contributed by atoms with Crippen LogP contribution in [0.2, 0.25) is 0 Å². The number of nitrogens with two attached hydrogens (primary N) is 1. The molecule has 2 N–H and O–H groups in total. The zero-order chi connectivity index (χ0) is 18.1. The van der Waals surface area contributed by atoms with Gasteiger partial charge in [-0.3, -0.25) is 4.79 Å². The van der Waals surface area contributed by atoms with Crippen molar-refractivity contribution < 1.29 is 9.21 Å². The molecule has 0 unspecified atom stereocenters.